The molecule has 214 valence electrons. The van der Waals surface area contributed by atoms with Crippen LogP contribution in [0.5, 0.6) is 0 Å². The standard InChI is InChI=1S/C22H36N6O10/c23-16(30)7-6-14(27-17(31)10-25-21(37)15-8-12(29)9-24-15)22(38)28-13(20(36)26-11-19(34)35)4-2-1-3-5-18(32)33/h12-15,24,29H,1-11H2,(H2,23,30)(H,25,37)(H,26,36)(H,27,31)(H,28,38)(H,32,33)(H,34,35)/t12-,13+,14+,15+/m1/s1. The van der Waals surface area contributed by atoms with Gasteiger partial charge in [-0.1, -0.05) is 12.8 Å². The maximum Gasteiger partial charge on any atom is 0.322 e. The van der Waals surface area contributed by atoms with Crippen molar-refractivity contribution in [3.63, 3.8) is 0 Å². The molecule has 0 unspecified atom stereocenters. The van der Waals surface area contributed by atoms with Crippen molar-refractivity contribution in [3.8, 4) is 0 Å². The number of hydrogen-bond acceptors (Lipinski definition) is 9. The number of unbranched alkanes of at least 4 members (excludes halogenated alkanes) is 2. The zero-order valence-electron chi connectivity index (χ0n) is 20.9. The van der Waals surface area contributed by atoms with E-state index in [0.717, 1.165) is 0 Å². The first-order valence-electron chi connectivity index (χ1n) is 12.2. The van der Waals surface area contributed by atoms with Gasteiger partial charge in [0.2, 0.25) is 29.5 Å². The number of primary amides is 1. The second-order valence-electron chi connectivity index (χ2n) is 8.86. The number of nitrogens with one attached hydrogen (secondary N) is 5. The summed E-state index contributed by atoms with van der Waals surface area (Å²) >= 11 is 0. The van der Waals surface area contributed by atoms with Crippen molar-refractivity contribution in [1.29, 1.82) is 0 Å². The molecule has 0 aromatic rings. The number of aliphatic hydroxyl groups excluding tert-OH is 1. The predicted molar refractivity (Wildman–Crippen MR) is 129 cm³/mol. The van der Waals surface area contributed by atoms with Gasteiger partial charge in [0.05, 0.1) is 18.7 Å². The zero-order valence-corrected chi connectivity index (χ0v) is 20.9. The third kappa shape index (κ3) is 13.5. The van der Waals surface area contributed by atoms with Crippen LogP contribution < -0.4 is 32.3 Å². The fourth-order valence-corrected chi connectivity index (χ4v) is 3.64. The van der Waals surface area contributed by atoms with Crippen LogP contribution in [0.2, 0.25) is 0 Å². The molecule has 0 radical (unpaired) electrons. The number of nitrogens with two attached hydrogens (primary N) is 1. The highest BCUT2D eigenvalue weighted by molar-refractivity contribution is 5.94. The molecule has 0 aromatic carbocycles. The molecule has 1 heterocycles. The van der Waals surface area contributed by atoms with Crippen LogP contribution in [0.15, 0.2) is 0 Å². The van der Waals surface area contributed by atoms with E-state index < -0.39 is 78.8 Å². The molecule has 0 aromatic heterocycles. The van der Waals surface area contributed by atoms with Crippen LogP contribution in [0.4, 0.5) is 0 Å². The van der Waals surface area contributed by atoms with Gasteiger partial charge in [-0.15, -0.1) is 0 Å². The number of carbonyl (C=O) groups excluding carboxylic acids is 5. The van der Waals surface area contributed by atoms with Gasteiger partial charge in [-0.3, -0.25) is 33.6 Å². The van der Waals surface area contributed by atoms with Crippen LogP contribution >= 0.6 is 0 Å². The molecular formula is C22H36N6O10. The fraction of sp³-hybridized carbons (Fsp3) is 0.682. The molecule has 1 saturated heterocycles. The van der Waals surface area contributed by atoms with E-state index in [4.69, 9.17) is 15.9 Å². The van der Waals surface area contributed by atoms with Gasteiger partial charge < -0.3 is 47.6 Å². The summed E-state index contributed by atoms with van der Waals surface area (Å²) in [5.74, 6) is -5.94. The fourth-order valence-electron chi connectivity index (χ4n) is 3.64. The Morgan fingerprint density at radius 1 is 0.816 bits per heavy atom. The topological polar surface area (TPSA) is 266 Å². The SMILES string of the molecule is NC(=O)CC[C@H](NC(=O)CNC(=O)[C@@H]1C[C@@H](O)CN1)C(=O)N[C@@H](CCCCCC(=O)O)C(=O)NCC(=O)O. The quantitative estimate of drug-likeness (QED) is 0.0758. The van der Waals surface area contributed by atoms with Crippen molar-refractivity contribution >= 4 is 41.5 Å². The predicted octanol–water partition coefficient (Wildman–Crippen LogP) is -3.70. The molecule has 16 heteroatoms. The van der Waals surface area contributed by atoms with Gasteiger partial charge in [0.15, 0.2) is 0 Å². The van der Waals surface area contributed by atoms with Crippen molar-refractivity contribution < 1.29 is 48.9 Å². The van der Waals surface area contributed by atoms with Crippen LogP contribution in [0.1, 0.15) is 51.4 Å². The Labute approximate surface area is 218 Å². The minimum atomic E-state index is -1.31. The van der Waals surface area contributed by atoms with Gasteiger partial charge in [0.1, 0.15) is 18.6 Å². The average Bonchev–Trinajstić information content (AvgIpc) is 3.28. The summed E-state index contributed by atoms with van der Waals surface area (Å²) in [4.78, 5) is 82.6. The largest absolute Gasteiger partial charge is 0.481 e. The third-order valence-electron chi connectivity index (χ3n) is 5.61. The summed E-state index contributed by atoms with van der Waals surface area (Å²) in [6.45, 7) is -0.960. The highest BCUT2D eigenvalue weighted by Crippen LogP contribution is 2.08. The number of amides is 5. The number of carbonyl (C=O) groups is 7. The minimum absolute atomic E-state index is 0.0591. The molecule has 1 rings (SSSR count). The molecule has 0 saturated carbocycles. The van der Waals surface area contributed by atoms with E-state index in [1.165, 1.54) is 0 Å². The molecule has 10 N–H and O–H groups in total. The number of carboxylic acid groups (broad SMARTS) is 2. The summed E-state index contributed by atoms with van der Waals surface area (Å²) < 4.78 is 0. The number of aliphatic carboxylic acids is 2. The molecule has 4 atom stereocenters. The van der Waals surface area contributed by atoms with Crippen molar-refractivity contribution in [2.24, 2.45) is 5.73 Å². The molecule has 16 nitrogen and oxygen atoms in total. The second-order valence-corrected chi connectivity index (χ2v) is 8.86. The lowest BCUT2D eigenvalue weighted by atomic mass is 10.0. The molecule has 1 fully saturated rings. The smallest absolute Gasteiger partial charge is 0.322 e. The average molecular weight is 545 g/mol. The van der Waals surface area contributed by atoms with E-state index in [1.54, 1.807) is 0 Å². The van der Waals surface area contributed by atoms with Crippen molar-refractivity contribution in [1.82, 2.24) is 26.6 Å². The second kappa shape index (κ2) is 16.9. The Hall–Kier alpha value is -3.79. The van der Waals surface area contributed by atoms with Crippen molar-refractivity contribution in [3.05, 3.63) is 0 Å². The molecule has 0 aliphatic carbocycles. The molecule has 5 amide bonds. The third-order valence-corrected chi connectivity index (χ3v) is 5.61. The van der Waals surface area contributed by atoms with Gasteiger partial charge in [-0.05, 0) is 25.7 Å². The van der Waals surface area contributed by atoms with E-state index >= 15 is 0 Å². The minimum Gasteiger partial charge on any atom is -0.481 e. The van der Waals surface area contributed by atoms with Crippen LogP contribution in [0, 0.1) is 0 Å². The number of aliphatic hydroxyl groups is 1. The number of carboxylic acids is 2. The van der Waals surface area contributed by atoms with Gasteiger partial charge in [0, 0.05) is 19.4 Å². The first kappa shape index (κ1) is 32.2. The van der Waals surface area contributed by atoms with E-state index in [0.29, 0.717) is 19.3 Å². The van der Waals surface area contributed by atoms with Gasteiger partial charge in [-0.25, -0.2) is 0 Å². The maximum absolute atomic E-state index is 12.9. The Morgan fingerprint density at radius 3 is 2.08 bits per heavy atom. The Balaban J connectivity index is 2.77. The molecule has 1 aliphatic rings. The maximum atomic E-state index is 12.9. The van der Waals surface area contributed by atoms with E-state index in [2.05, 4.69) is 26.6 Å². The molecule has 0 spiro atoms. The Morgan fingerprint density at radius 2 is 1.50 bits per heavy atom. The molecule has 1 aliphatic heterocycles. The van der Waals surface area contributed by atoms with Crippen LogP contribution in [-0.2, 0) is 33.6 Å². The lowest BCUT2D eigenvalue weighted by Gasteiger charge is -2.23. The number of β-amino-alcohol motifs (C(OH)–C–C–N with tert-alkyl or cyclic N) is 1. The van der Waals surface area contributed by atoms with E-state index in [9.17, 15) is 38.7 Å². The summed E-state index contributed by atoms with van der Waals surface area (Å²) in [5, 5.41) is 39.2. The Kier molecular flexibility index (Phi) is 14.3. The van der Waals surface area contributed by atoms with Crippen LogP contribution in [-0.4, -0.2) is 101 Å². The summed E-state index contributed by atoms with van der Waals surface area (Å²) in [5.41, 5.74) is 5.15. The number of rotatable bonds is 18. The monoisotopic (exact) mass is 544 g/mol. The van der Waals surface area contributed by atoms with Gasteiger partial charge in [-0.2, -0.15) is 0 Å². The first-order valence-corrected chi connectivity index (χ1v) is 12.2. The van der Waals surface area contributed by atoms with E-state index in [-0.39, 0.29) is 38.6 Å². The molecule has 38 heavy (non-hydrogen) atoms. The lowest BCUT2D eigenvalue weighted by Crippen LogP contribution is -2.55. The highest BCUT2D eigenvalue weighted by atomic mass is 16.4. The van der Waals surface area contributed by atoms with Crippen molar-refractivity contribution in [2.75, 3.05) is 19.6 Å². The van der Waals surface area contributed by atoms with Gasteiger partial charge in [0.25, 0.3) is 0 Å². The normalized spacial score (nSPS) is 18.0. The molecular weight excluding hydrogens is 508 g/mol. The van der Waals surface area contributed by atoms with Crippen LogP contribution in [0.25, 0.3) is 0 Å². The molecule has 0 bridgehead atoms. The van der Waals surface area contributed by atoms with Gasteiger partial charge >= 0.3 is 11.9 Å². The van der Waals surface area contributed by atoms with Crippen molar-refractivity contribution in [2.45, 2.75) is 75.6 Å². The van der Waals surface area contributed by atoms with E-state index in [1.807, 2.05) is 0 Å². The summed E-state index contributed by atoms with van der Waals surface area (Å²) in [6.07, 6.45) is 0.107. The lowest BCUT2D eigenvalue weighted by molar-refractivity contribution is -0.138. The summed E-state index contributed by atoms with van der Waals surface area (Å²) in [7, 11) is 0. The summed E-state index contributed by atoms with van der Waals surface area (Å²) in [6, 6.07) is -3.17. The highest BCUT2D eigenvalue weighted by Gasteiger charge is 2.30. The Bertz CT molecular complexity index is 883. The zero-order chi connectivity index (χ0) is 28.7. The number of hydrogen-bond donors (Lipinski definition) is 9. The van der Waals surface area contributed by atoms with Crippen LogP contribution in [0.3, 0.4) is 0 Å². The first-order chi connectivity index (χ1) is 17.9.